The number of hydrogen-bond donors (Lipinski definition) is 2. The SMILES string of the molecule is c1ccc(N(Cc2ccc3oc([C@@H]4CCCN4)nc3c2)Cc2ccc3oc([C@@H]4CCCN4)nc3c2)cc1. The number of anilines is 1. The van der Waals surface area contributed by atoms with Gasteiger partial charge in [0.2, 0.25) is 11.8 Å². The Hall–Kier alpha value is -3.68. The summed E-state index contributed by atoms with van der Waals surface area (Å²) in [5, 5.41) is 6.96. The van der Waals surface area contributed by atoms with E-state index in [1.54, 1.807) is 0 Å². The maximum atomic E-state index is 6.06. The lowest BCUT2D eigenvalue weighted by molar-refractivity contribution is 0.451. The number of fused-ring (bicyclic) bond motifs is 2. The smallest absolute Gasteiger partial charge is 0.212 e. The van der Waals surface area contributed by atoms with Crippen LogP contribution < -0.4 is 15.5 Å². The van der Waals surface area contributed by atoms with Gasteiger partial charge in [-0.25, -0.2) is 9.97 Å². The van der Waals surface area contributed by atoms with E-state index in [0.717, 1.165) is 73.0 Å². The molecule has 7 heteroatoms. The number of nitrogens with one attached hydrogen (secondary N) is 2. The molecule has 2 N–H and O–H groups in total. The Labute approximate surface area is 215 Å². The van der Waals surface area contributed by atoms with Gasteiger partial charge in [-0.15, -0.1) is 0 Å². The molecule has 5 aromatic rings. The molecule has 2 fully saturated rings. The molecular formula is C30H31N5O2. The van der Waals surface area contributed by atoms with Gasteiger partial charge in [0.25, 0.3) is 0 Å². The minimum absolute atomic E-state index is 0.230. The summed E-state index contributed by atoms with van der Waals surface area (Å²) in [6, 6.07) is 23.8. The Kier molecular flexibility index (Phi) is 5.87. The van der Waals surface area contributed by atoms with Crippen LogP contribution in [0.15, 0.2) is 75.6 Å². The first-order chi connectivity index (χ1) is 18.3. The lowest BCUT2D eigenvalue weighted by Crippen LogP contribution is -2.22. The van der Waals surface area contributed by atoms with Gasteiger partial charge in [0.1, 0.15) is 11.0 Å². The van der Waals surface area contributed by atoms with Crippen LogP contribution in [0.5, 0.6) is 0 Å². The van der Waals surface area contributed by atoms with Crippen molar-refractivity contribution in [2.24, 2.45) is 0 Å². The molecule has 0 unspecified atom stereocenters. The van der Waals surface area contributed by atoms with Crippen molar-refractivity contribution in [3.8, 4) is 0 Å². The van der Waals surface area contributed by atoms with Crippen LogP contribution in [0, 0.1) is 0 Å². The van der Waals surface area contributed by atoms with Crippen LogP contribution in [-0.4, -0.2) is 23.1 Å². The zero-order valence-corrected chi connectivity index (χ0v) is 20.8. The molecule has 0 spiro atoms. The fourth-order valence-electron chi connectivity index (χ4n) is 5.59. The van der Waals surface area contributed by atoms with Crippen LogP contribution >= 0.6 is 0 Å². The van der Waals surface area contributed by atoms with E-state index in [2.05, 4.69) is 82.3 Å². The minimum Gasteiger partial charge on any atom is -0.439 e. The molecule has 0 aliphatic carbocycles. The maximum Gasteiger partial charge on any atom is 0.212 e. The van der Waals surface area contributed by atoms with Crippen LogP contribution in [0.3, 0.4) is 0 Å². The van der Waals surface area contributed by atoms with E-state index in [-0.39, 0.29) is 12.1 Å². The summed E-state index contributed by atoms with van der Waals surface area (Å²) in [7, 11) is 0. The van der Waals surface area contributed by atoms with Crippen molar-refractivity contribution in [2.75, 3.05) is 18.0 Å². The van der Waals surface area contributed by atoms with Gasteiger partial charge in [-0.3, -0.25) is 0 Å². The Bertz CT molecular complexity index is 1420. The van der Waals surface area contributed by atoms with Gasteiger partial charge in [-0.05, 0) is 86.3 Å². The Morgan fingerprint density at radius 2 is 1.24 bits per heavy atom. The molecule has 2 aliphatic heterocycles. The summed E-state index contributed by atoms with van der Waals surface area (Å²) < 4.78 is 12.1. The van der Waals surface area contributed by atoms with E-state index >= 15 is 0 Å². The summed E-state index contributed by atoms with van der Waals surface area (Å²) in [6.07, 6.45) is 4.49. The number of oxazole rings is 2. The largest absolute Gasteiger partial charge is 0.439 e. The van der Waals surface area contributed by atoms with Gasteiger partial charge >= 0.3 is 0 Å². The van der Waals surface area contributed by atoms with Gasteiger partial charge in [0.05, 0.1) is 12.1 Å². The molecule has 0 amide bonds. The standard InChI is InChI=1S/C30H31N5O2/c1-2-6-22(7-3-1)35(18-20-10-12-27-25(16-20)33-29(36-27)23-8-4-14-31-23)19-21-11-13-28-26(17-21)34-30(37-28)24-9-5-15-32-24/h1-3,6-7,10-13,16-17,23-24,31-32H,4-5,8-9,14-15,18-19H2/t23-,24-/m0/s1. The Morgan fingerprint density at radius 1 is 0.703 bits per heavy atom. The number of nitrogens with zero attached hydrogens (tertiary/aromatic N) is 3. The summed E-state index contributed by atoms with van der Waals surface area (Å²) >= 11 is 0. The maximum absolute atomic E-state index is 6.06. The van der Waals surface area contributed by atoms with Crippen molar-refractivity contribution >= 4 is 27.9 Å². The van der Waals surface area contributed by atoms with Gasteiger partial charge in [0.15, 0.2) is 11.2 Å². The highest BCUT2D eigenvalue weighted by atomic mass is 16.4. The van der Waals surface area contributed by atoms with E-state index in [4.69, 9.17) is 18.8 Å². The van der Waals surface area contributed by atoms with Crippen molar-refractivity contribution in [1.82, 2.24) is 20.6 Å². The first kappa shape index (κ1) is 22.5. The summed E-state index contributed by atoms with van der Waals surface area (Å²) in [5.74, 6) is 1.61. The second-order valence-electron chi connectivity index (χ2n) is 10.2. The number of benzene rings is 3. The molecule has 3 aromatic carbocycles. The molecule has 4 heterocycles. The predicted octanol–water partition coefficient (Wildman–Crippen LogP) is 6.02. The highest BCUT2D eigenvalue weighted by Gasteiger charge is 2.23. The topological polar surface area (TPSA) is 79.4 Å². The number of para-hydroxylation sites is 1. The Balaban J connectivity index is 1.16. The molecule has 37 heavy (non-hydrogen) atoms. The third-order valence-corrected chi connectivity index (χ3v) is 7.52. The summed E-state index contributed by atoms with van der Waals surface area (Å²) in [5.41, 5.74) is 7.12. The lowest BCUT2D eigenvalue weighted by Gasteiger charge is -2.25. The van der Waals surface area contributed by atoms with Crippen molar-refractivity contribution in [1.29, 1.82) is 0 Å². The zero-order chi connectivity index (χ0) is 24.6. The van der Waals surface area contributed by atoms with Crippen molar-refractivity contribution in [3.05, 3.63) is 89.6 Å². The molecule has 2 atom stereocenters. The third-order valence-electron chi connectivity index (χ3n) is 7.52. The average Bonchev–Trinajstić information content (AvgIpc) is 3.74. The first-order valence-corrected chi connectivity index (χ1v) is 13.3. The molecule has 7 nitrogen and oxygen atoms in total. The summed E-state index contributed by atoms with van der Waals surface area (Å²) in [6.45, 7) is 3.58. The Morgan fingerprint density at radius 3 is 1.73 bits per heavy atom. The fourth-order valence-corrected chi connectivity index (χ4v) is 5.59. The molecule has 0 bridgehead atoms. The van der Waals surface area contributed by atoms with Crippen LogP contribution in [-0.2, 0) is 13.1 Å². The minimum atomic E-state index is 0.230. The molecule has 2 saturated heterocycles. The van der Waals surface area contributed by atoms with E-state index in [9.17, 15) is 0 Å². The molecule has 2 aliphatic rings. The average molecular weight is 494 g/mol. The molecular weight excluding hydrogens is 462 g/mol. The molecule has 188 valence electrons. The lowest BCUT2D eigenvalue weighted by atomic mass is 10.1. The normalized spacial score (nSPS) is 19.8. The second-order valence-corrected chi connectivity index (χ2v) is 10.2. The van der Waals surface area contributed by atoms with Crippen LogP contribution in [0.25, 0.3) is 22.2 Å². The monoisotopic (exact) mass is 493 g/mol. The van der Waals surface area contributed by atoms with Gasteiger partial charge in [0, 0.05) is 18.8 Å². The van der Waals surface area contributed by atoms with Gasteiger partial charge < -0.3 is 24.4 Å². The quantitative estimate of drug-likeness (QED) is 0.287. The number of rotatable bonds is 7. The number of aromatic nitrogens is 2. The highest BCUT2D eigenvalue weighted by Crippen LogP contribution is 2.29. The fraction of sp³-hybridized carbons (Fsp3) is 0.333. The third kappa shape index (κ3) is 4.61. The summed E-state index contributed by atoms with van der Waals surface area (Å²) in [4.78, 5) is 12.0. The van der Waals surface area contributed by atoms with Crippen molar-refractivity contribution in [2.45, 2.75) is 50.9 Å². The molecule has 7 rings (SSSR count). The van der Waals surface area contributed by atoms with Crippen molar-refractivity contribution in [3.63, 3.8) is 0 Å². The van der Waals surface area contributed by atoms with Crippen molar-refractivity contribution < 1.29 is 8.83 Å². The van der Waals surface area contributed by atoms with E-state index in [1.165, 1.54) is 29.7 Å². The molecule has 0 radical (unpaired) electrons. The zero-order valence-electron chi connectivity index (χ0n) is 20.8. The predicted molar refractivity (Wildman–Crippen MR) is 144 cm³/mol. The van der Waals surface area contributed by atoms with Crippen LogP contribution in [0.2, 0.25) is 0 Å². The van der Waals surface area contributed by atoms with Gasteiger partial charge in [-0.2, -0.15) is 0 Å². The van der Waals surface area contributed by atoms with Crippen LogP contribution in [0.1, 0.15) is 60.7 Å². The van der Waals surface area contributed by atoms with E-state index in [0.29, 0.717) is 0 Å². The van der Waals surface area contributed by atoms with Crippen LogP contribution in [0.4, 0.5) is 5.69 Å². The number of hydrogen-bond acceptors (Lipinski definition) is 7. The molecule has 0 saturated carbocycles. The first-order valence-electron chi connectivity index (χ1n) is 13.3. The van der Waals surface area contributed by atoms with E-state index < -0.39 is 0 Å². The molecule has 2 aromatic heterocycles. The highest BCUT2D eigenvalue weighted by molar-refractivity contribution is 5.74. The van der Waals surface area contributed by atoms with E-state index in [1.807, 2.05) is 0 Å². The second kappa shape index (κ2) is 9.65. The van der Waals surface area contributed by atoms with Gasteiger partial charge in [-0.1, -0.05) is 30.3 Å².